The summed E-state index contributed by atoms with van der Waals surface area (Å²) in [5.41, 5.74) is 1.16. The van der Waals surface area contributed by atoms with E-state index in [1.54, 1.807) is 50.7 Å². The van der Waals surface area contributed by atoms with Crippen molar-refractivity contribution in [1.29, 1.82) is 5.26 Å². The van der Waals surface area contributed by atoms with Gasteiger partial charge < -0.3 is 14.8 Å². The summed E-state index contributed by atoms with van der Waals surface area (Å²) in [5, 5.41) is 12.1. The monoisotopic (exact) mass is 255 g/mol. The average molecular weight is 255 g/mol. The number of methoxy groups -OCH3 is 2. The van der Waals surface area contributed by atoms with Gasteiger partial charge in [-0.3, -0.25) is 0 Å². The first-order chi connectivity index (χ1) is 9.28. The number of nitriles is 1. The predicted octanol–water partition coefficient (Wildman–Crippen LogP) is 2.71. The number of hydrogen-bond acceptors (Lipinski definition) is 5. The van der Waals surface area contributed by atoms with Crippen molar-refractivity contribution in [2.45, 2.75) is 0 Å². The van der Waals surface area contributed by atoms with E-state index >= 15 is 0 Å². The summed E-state index contributed by atoms with van der Waals surface area (Å²) in [6.45, 7) is 0. The number of hydrogen-bond donors (Lipinski definition) is 1. The van der Waals surface area contributed by atoms with Crippen LogP contribution in [0.3, 0.4) is 0 Å². The topological polar surface area (TPSA) is 67.2 Å². The Hall–Kier alpha value is -2.74. The second-order valence-electron chi connectivity index (χ2n) is 3.70. The Balaban J connectivity index is 2.39. The average Bonchev–Trinajstić information content (AvgIpc) is 2.47. The van der Waals surface area contributed by atoms with Gasteiger partial charge in [0.05, 0.1) is 25.5 Å². The van der Waals surface area contributed by atoms with Crippen molar-refractivity contribution >= 4 is 11.5 Å². The van der Waals surface area contributed by atoms with Crippen molar-refractivity contribution in [3.05, 3.63) is 42.1 Å². The molecule has 0 unspecified atom stereocenters. The molecule has 96 valence electrons. The molecule has 1 heterocycles. The minimum atomic E-state index is 0.465. The van der Waals surface area contributed by atoms with Gasteiger partial charge in [0.25, 0.3) is 0 Å². The number of nitrogens with one attached hydrogen (secondary N) is 1. The van der Waals surface area contributed by atoms with E-state index < -0.39 is 0 Å². The number of anilines is 2. The Kier molecular flexibility index (Phi) is 3.84. The number of rotatable bonds is 4. The molecular weight excluding hydrogens is 242 g/mol. The van der Waals surface area contributed by atoms with E-state index in [0.717, 1.165) is 0 Å². The van der Waals surface area contributed by atoms with Crippen LogP contribution in [0.25, 0.3) is 0 Å². The SMILES string of the molecule is COc1ccc(OC)c(Nc2ncccc2C#N)c1. The summed E-state index contributed by atoms with van der Waals surface area (Å²) in [4.78, 5) is 4.15. The molecule has 19 heavy (non-hydrogen) atoms. The van der Waals surface area contributed by atoms with Crippen molar-refractivity contribution in [3.63, 3.8) is 0 Å². The maximum atomic E-state index is 9.04. The Morgan fingerprint density at radius 3 is 2.74 bits per heavy atom. The molecule has 1 aromatic carbocycles. The number of pyridine rings is 1. The lowest BCUT2D eigenvalue weighted by molar-refractivity contribution is 0.405. The quantitative estimate of drug-likeness (QED) is 0.909. The molecule has 0 radical (unpaired) electrons. The maximum Gasteiger partial charge on any atom is 0.148 e. The van der Waals surface area contributed by atoms with Gasteiger partial charge in [0, 0.05) is 12.3 Å². The first kappa shape index (κ1) is 12.7. The standard InChI is InChI=1S/C14H13N3O2/c1-18-11-5-6-13(19-2)12(8-11)17-14-10(9-15)4-3-7-16-14/h3-8H,1-2H3,(H,16,17). The lowest BCUT2D eigenvalue weighted by atomic mass is 10.2. The largest absolute Gasteiger partial charge is 0.497 e. The smallest absolute Gasteiger partial charge is 0.148 e. The fraction of sp³-hybridized carbons (Fsp3) is 0.143. The molecule has 0 bridgehead atoms. The Labute approximate surface area is 111 Å². The first-order valence-electron chi connectivity index (χ1n) is 5.62. The van der Waals surface area contributed by atoms with E-state index in [9.17, 15) is 0 Å². The van der Waals surface area contributed by atoms with Crippen LogP contribution in [0.2, 0.25) is 0 Å². The summed E-state index contributed by atoms with van der Waals surface area (Å²) in [5.74, 6) is 1.82. The van der Waals surface area contributed by atoms with Gasteiger partial charge in [-0.05, 0) is 24.3 Å². The summed E-state index contributed by atoms with van der Waals surface area (Å²) in [7, 11) is 3.17. The zero-order valence-electron chi connectivity index (χ0n) is 10.7. The second kappa shape index (κ2) is 5.74. The molecular formula is C14H13N3O2. The fourth-order valence-corrected chi connectivity index (χ4v) is 1.63. The molecule has 0 atom stereocenters. The molecule has 0 fully saturated rings. The van der Waals surface area contributed by atoms with Crippen LogP contribution in [0.15, 0.2) is 36.5 Å². The van der Waals surface area contributed by atoms with E-state index in [-0.39, 0.29) is 0 Å². The molecule has 2 aromatic rings. The molecule has 0 saturated heterocycles. The zero-order chi connectivity index (χ0) is 13.7. The minimum Gasteiger partial charge on any atom is -0.497 e. The molecule has 5 nitrogen and oxygen atoms in total. The van der Waals surface area contributed by atoms with Gasteiger partial charge in [-0.1, -0.05) is 0 Å². The van der Waals surface area contributed by atoms with Crippen LogP contribution in [0.1, 0.15) is 5.56 Å². The Morgan fingerprint density at radius 2 is 2.05 bits per heavy atom. The molecule has 1 N–H and O–H groups in total. The van der Waals surface area contributed by atoms with E-state index in [2.05, 4.69) is 16.4 Å². The van der Waals surface area contributed by atoms with E-state index in [1.165, 1.54) is 0 Å². The minimum absolute atomic E-state index is 0.465. The Bertz CT molecular complexity index is 620. The van der Waals surface area contributed by atoms with Crippen LogP contribution >= 0.6 is 0 Å². The Morgan fingerprint density at radius 1 is 1.21 bits per heavy atom. The van der Waals surface area contributed by atoms with Crippen molar-refractivity contribution in [2.75, 3.05) is 19.5 Å². The molecule has 5 heteroatoms. The molecule has 0 aliphatic carbocycles. The zero-order valence-corrected chi connectivity index (χ0v) is 10.7. The molecule has 0 aliphatic rings. The third kappa shape index (κ3) is 2.75. The van der Waals surface area contributed by atoms with E-state index in [4.69, 9.17) is 14.7 Å². The van der Waals surface area contributed by atoms with Gasteiger partial charge in [-0.15, -0.1) is 0 Å². The molecule has 0 saturated carbocycles. The van der Waals surface area contributed by atoms with Gasteiger partial charge in [0.15, 0.2) is 0 Å². The number of ether oxygens (including phenoxy) is 2. The van der Waals surface area contributed by atoms with Crippen LogP contribution < -0.4 is 14.8 Å². The normalized spacial score (nSPS) is 9.53. The van der Waals surface area contributed by atoms with Crippen molar-refractivity contribution in [1.82, 2.24) is 4.98 Å². The summed E-state index contributed by atoms with van der Waals surface area (Å²) in [6.07, 6.45) is 1.62. The van der Waals surface area contributed by atoms with Crippen LogP contribution in [-0.4, -0.2) is 19.2 Å². The second-order valence-corrected chi connectivity index (χ2v) is 3.70. The van der Waals surface area contributed by atoms with Crippen LogP contribution in [0.4, 0.5) is 11.5 Å². The third-order valence-electron chi connectivity index (χ3n) is 2.59. The highest BCUT2D eigenvalue weighted by molar-refractivity contribution is 5.69. The van der Waals surface area contributed by atoms with Gasteiger partial charge in [0.2, 0.25) is 0 Å². The lowest BCUT2D eigenvalue weighted by Gasteiger charge is -2.12. The van der Waals surface area contributed by atoms with Crippen molar-refractivity contribution in [3.8, 4) is 17.6 Å². The predicted molar refractivity (Wildman–Crippen MR) is 71.8 cm³/mol. The number of benzene rings is 1. The van der Waals surface area contributed by atoms with Gasteiger partial charge in [0.1, 0.15) is 23.4 Å². The van der Waals surface area contributed by atoms with Crippen molar-refractivity contribution in [2.24, 2.45) is 0 Å². The summed E-state index contributed by atoms with van der Waals surface area (Å²) < 4.78 is 10.4. The van der Waals surface area contributed by atoms with E-state index in [0.29, 0.717) is 28.6 Å². The molecule has 0 aliphatic heterocycles. The highest BCUT2D eigenvalue weighted by Gasteiger charge is 2.08. The highest BCUT2D eigenvalue weighted by Crippen LogP contribution is 2.31. The molecule has 1 aromatic heterocycles. The lowest BCUT2D eigenvalue weighted by Crippen LogP contribution is -1.99. The van der Waals surface area contributed by atoms with Crippen LogP contribution in [0, 0.1) is 11.3 Å². The fourth-order valence-electron chi connectivity index (χ4n) is 1.63. The van der Waals surface area contributed by atoms with Crippen molar-refractivity contribution < 1.29 is 9.47 Å². The van der Waals surface area contributed by atoms with Gasteiger partial charge in [-0.25, -0.2) is 4.98 Å². The number of nitrogens with zero attached hydrogens (tertiary/aromatic N) is 2. The molecule has 0 spiro atoms. The molecule has 2 rings (SSSR count). The van der Waals surface area contributed by atoms with Gasteiger partial charge in [-0.2, -0.15) is 5.26 Å². The first-order valence-corrected chi connectivity index (χ1v) is 5.62. The highest BCUT2D eigenvalue weighted by atomic mass is 16.5. The molecule has 0 amide bonds. The maximum absolute atomic E-state index is 9.04. The number of aromatic nitrogens is 1. The van der Waals surface area contributed by atoms with Crippen LogP contribution in [0.5, 0.6) is 11.5 Å². The summed E-state index contributed by atoms with van der Waals surface area (Å²) >= 11 is 0. The van der Waals surface area contributed by atoms with E-state index in [1.807, 2.05) is 0 Å². The van der Waals surface area contributed by atoms with Crippen LogP contribution in [-0.2, 0) is 0 Å². The summed E-state index contributed by atoms with van der Waals surface area (Å²) in [6, 6.07) is 10.9. The third-order valence-corrected chi connectivity index (χ3v) is 2.59. The van der Waals surface area contributed by atoms with Gasteiger partial charge >= 0.3 is 0 Å².